The largest absolute Gasteiger partial charge is 0.487 e. The van der Waals surface area contributed by atoms with Crippen LogP contribution in [0.5, 0.6) is 5.75 Å². The van der Waals surface area contributed by atoms with Gasteiger partial charge < -0.3 is 9.47 Å². The van der Waals surface area contributed by atoms with Gasteiger partial charge in [-0.15, -0.1) is 0 Å². The summed E-state index contributed by atoms with van der Waals surface area (Å²) in [6.45, 7) is 6.20. The molecule has 1 aliphatic rings. The number of aromatic nitrogens is 1. The second kappa shape index (κ2) is 12.8. The average molecular weight is 808 g/mol. The minimum absolute atomic E-state index is 0.222. The highest BCUT2D eigenvalue weighted by atomic mass is 127. The van der Waals surface area contributed by atoms with Crippen LogP contribution >= 0.6 is 65.8 Å². The van der Waals surface area contributed by atoms with E-state index in [0.29, 0.717) is 33.0 Å². The molecule has 41 heavy (non-hydrogen) atoms. The molecule has 1 aliphatic heterocycles. The lowest BCUT2D eigenvalue weighted by molar-refractivity contribution is -0.139. The fourth-order valence-corrected chi connectivity index (χ4v) is 7.40. The van der Waals surface area contributed by atoms with Crippen LogP contribution in [0.4, 0.5) is 0 Å². The Hall–Kier alpha value is -2.54. The number of thiazole rings is 1. The number of halogens is 3. The first-order chi connectivity index (χ1) is 19.7. The second-order valence-electron chi connectivity index (χ2n) is 9.44. The molecule has 0 unspecified atom stereocenters. The van der Waals surface area contributed by atoms with E-state index in [-0.39, 0.29) is 12.2 Å². The number of nitrogens with zero attached hydrogens (tertiary/aromatic N) is 2. The first-order valence-corrected chi connectivity index (χ1v) is 16.3. The molecule has 0 aliphatic carbocycles. The third-order valence-corrected chi connectivity index (χ3v) is 9.41. The fraction of sp³-hybridized carbons (Fsp3) is 0.194. The zero-order valence-corrected chi connectivity index (χ0v) is 28.6. The van der Waals surface area contributed by atoms with Crippen LogP contribution in [0.2, 0.25) is 0 Å². The fourth-order valence-electron chi connectivity index (χ4n) is 4.54. The van der Waals surface area contributed by atoms with Gasteiger partial charge in [0.1, 0.15) is 12.4 Å². The third kappa shape index (κ3) is 6.45. The summed E-state index contributed by atoms with van der Waals surface area (Å²) >= 11 is 10.8. The van der Waals surface area contributed by atoms with Gasteiger partial charge in [0, 0.05) is 3.57 Å². The lowest BCUT2D eigenvalue weighted by Gasteiger charge is -2.24. The Morgan fingerprint density at radius 3 is 2.37 bits per heavy atom. The van der Waals surface area contributed by atoms with Crippen LogP contribution in [0.3, 0.4) is 0 Å². The topological polar surface area (TPSA) is 69.9 Å². The van der Waals surface area contributed by atoms with Gasteiger partial charge in [-0.25, -0.2) is 9.79 Å². The first kappa shape index (κ1) is 29.9. The predicted molar refractivity (Wildman–Crippen MR) is 177 cm³/mol. The van der Waals surface area contributed by atoms with Gasteiger partial charge in [0.05, 0.1) is 37.4 Å². The van der Waals surface area contributed by atoms with E-state index in [9.17, 15) is 9.59 Å². The SMILES string of the molecule is CCOC(=O)C1=C(C)N=c2s/c(=C/c3cc(Br)c(OCc4ccc(I)cc4)c(Br)c3)c(=O)n2[C@@H]1c1ccc(C)cc1. The molecule has 0 spiro atoms. The van der Waals surface area contributed by atoms with Gasteiger partial charge in [-0.3, -0.25) is 9.36 Å². The highest BCUT2D eigenvalue weighted by Crippen LogP contribution is 2.36. The molecule has 0 fully saturated rings. The normalized spacial score (nSPS) is 15.0. The third-order valence-electron chi connectivity index (χ3n) is 6.52. The standard InChI is InChI=1S/C31H25Br2IN2O4S/c1-4-39-30(38)26-18(3)35-31-36(27(26)21-9-5-17(2)6-10-21)29(37)25(41-31)15-20-13-23(32)28(24(33)14-20)40-16-19-7-11-22(34)12-8-19/h5-15,27H,4,16H2,1-3H3/b25-15+/t27-/m1/s1. The van der Waals surface area contributed by atoms with E-state index < -0.39 is 12.0 Å². The summed E-state index contributed by atoms with van der Waals surface area (Å²) in [5.74, 6) is 0.207. The summed E-state index contributed by atoms with van der Waals surface area (Å²) in [5, 5.41) is 0. The highest BCUT2D eigenvalue weighted by molar-refractivity contribution is 14.1. The number of allylic oxidation sites excluding steroid dienone is 1. The van der Waals surface area contributed by atoms with Crippen molar-refractivity contribution in [3.63, 3.8) is 0 Å². The van der Waals surface area contributed by atoms with E-state index in [2.05, 4.69) is 59.4 Å². The maximum Gasteiger partial charge on any atom is 0.338 e. The summed E-state index contributed by atoms with van der Waals surface area (Å²) in [5.41, 5.74) is 4.47. The van der Waals surface area contributed by atoms with Crippen molar-refractivity contribution in [2.75, 3.05) is 6.61 Å². The highest BCUT2D eigenvalue weighted by Gasteiger charge is 2.33. The maximum absolute atomic E-state index is 13.9. The molecular weight excluding hydrogens is 783 g/mol. The molecular formula is C31H25Br2IN2O4S. The van der Waals surface area contributed by atoms with Crippen molar-refractivity contribution in [3.8, 4) is 5.75 Å². The van der Waals surface area contributed by atoms with E-state index >= 15 is 0 Å². The number of fused-ring (bicyclic) bond motifs is 1. The Morgan fingerprint density at radius 1 is 1.07 bits per heavy atom. The Labute approximate surface area is 271 Å². The molecule has 0 radical (unpaired) electrons. The van der Waals surface area contributed by atoms with Crippen molar-refractivity contribution in [1.29, 1.82) is 0 Å². The van der Waals surface area contributed by atoms with Crippen molar-refractivity contribution in [1.82, 2.24) is 4.57 Å². The first-order valence-electron chi connectivity index (χ1n) is 12.8. The quantitative estimate of drug-likeness (QED) is 0.152. The number of carbonyl (C=O) groups is 1. The lowest BCUT2D eigenvalue weighted by atomic mass is 9.95. The van der Waals surface area contributed by atoms with Gasteiger partial charge in [-0.1, -0.05) is 53.3 Å². The van der Waals surface area contributed by atoms with Gasteiger partial charge in [0.2, 0.25) is 0 Å². The van der Waals surface area contributed by atoms with Gasteiger partial charge in [0.25, 0.3) is 5.56 Å². The molecule has 0 saturated heterocycles. The molecule has 3 aromatic carbocycles. The number of esters is 1. The van der Waals surface area contributed by atoms with Gasteiger partial charge >= 0.3 is 5.97 Å². The summed E-state index contributed by atoms with van der Waals surface area (Å²) in [6.07, 6.45) is 1.83. The summed E-state index contributed by atoms with van der Waals surface area (Å²) in [6, 6.07) is 19.2. The van der Waals surface area contributed by atoms with Gasteiger partial charge in [0.15, 0.2) is 4.80 Å². The van der Waals surface area contributed by atoms with E-state index in [4.69, 9.17) is 9.47 Å². The van der Waals surface area contributed by atoms with Crippen LogP contribution in [0, 0.1) is 10.5 Å². The minimum atomic E-state index is -0.636. The molecule has 10 heteroatoms. The Kier molecular flexibility index (Phi) is 9.32. The molecule has 0 N–H and O–H groups in total. The van der Waals surface area contributed by atoms with Crippen LogP contribution in [0.25, 0.3) is 6.08 Å². The molecule has 6 nitrogen and oxygen atoms in total. The van der Waals surface area contributed by atoms with E-state index in [1.165, 1.54) is 14.9 Å². The number of ether oxygens (including phenoxy) is 2. The van der Waals surface area contributed by atoms with E-state index in [1.54, 1.807) is 18.4 Å². The maximum atomic E-state index is 13.9. The molecule has 0 saturated carbocycles. The number of rotatable bonds is 7. The number of aryl methyl sites for hydroxylation is 1. The summed E-state index contributed by atoms with van der Waals surface area (Å²) < 4.78 is 16.3. The van der Waals surface area contributed by atoms with Crippen LogP contribution in [-0.2, 0) is 16.1 Å². The number of hydrogen-bond donors (Lipinski definition) is 0. The lowest BCUT2D eigenvalue weighted by Crippen LogP contribution is -2.39. The van der Waals surface area contributed by atoms with Crippen LogP contribution in [0.15, 0.2) is 90.7 Å². The van der Waals surface area contributed by atoms with Crippen molar-refractivity contribution in [2.24, 2.45) is 4.99 Å². The second-order valence-corrected chi connectivity index (χ2v) is 13.4. The van der Waals surface area contributed by atoms with E-state index in [1.807, 2.05) is 73.7 Å². The Bertz CT molecular complexity index is 1820. The van der Waals surface area contributed by atoms with Crippen LogP contribution in [0.1, 0.15) is 42.1 Å². The average Bonchev–Trinajstić information content (AvgIpc) is 3.23. The van der Waals surface area contributed by atoms with Crippen molar-refractivity contribution in [3.05, 3.63) is 126 Å². The molecule has 4 aromatic rings. The molecule has 2 heterocycles. The van der Waals surface area contributed by atoms with E-state index in [0.717, 1.165) is 31.2 Å². The monoisotopic (exact) mass is 806 g/mol. The summed E-state index contributed by atoms with van der Waals surface area (Å²) in [7, 11) is 0. The minimum Gasteiger partial charge on any atom is -0.487 e. The zero-order chi connectivity index (χ0) is 29.3. The molecule has 210 valence electrons. The Balaban J connectivity index is 1.54. The van der Waals surface area contributed by atoms with Crippen molar-refractivity contribution >= 4 is 77.8 Å². The molecule has 0 amide bonds. The predicted octanol–water partition coefficient (Wildman–Crippen LogP) is 6.82. The smallest absolute Gasteiger partial charge is 0.338 e. The van der Waals surface area contributed by atoms with Crippen molar-refractivity contribution < 1.29 is 14.3 Å². The molecule has 1 atom stereocenters. The number of benzene rings is 3. The molecule has 0 bridgehead atoms. The van der Waals surface area contributed by atoms with Crippen LogP contribution in [-0.4, -0.2) is 17.1 Å². The van der Waals surface area contributed by atoms with Crippen LogP contribution < -0.4 is 19.6 Å². The van der Waals surface area contributed by atoms with Crippen molar-refractivity contribution in [2.45, 2.75) is 33.4 Å². The zero-order valence-electron chi connectivity index (χ0n) is 22.4. The Morgan fingerprint density at radius 2 is 1.73 bits per heavy atom. The molecule has 1 aromatic heterocycles. The number of carbonyl (C=O) groups excluding carboxylic acids is 1. The van der Waals surface area contributed by atoms with Gasteiger partial charge in [-0.05, 0) is 122 Å². The van der Waals surface area contributed by atoms with Gasteiger partial charge in [-0.2, -0.15) is 0 Å². The summed E-state index contributed by atoms with van der Waals surface area (Å²) in [4.78, 5) is 32.1. The molecule has 5 rings (SSSR count). The number of hydrogen-bond acceptors (Lipinski definition) is 6.